The van der Waals surface area contributed by atoms with Gasteiger partial charge in [-0.15, -0.1) is 0 Å². The molecule has 5 rings (SSSR count). The second kappa shape index (κ2) is 8.23. The molecule has 34 heavy (non-hydrogen) atoms. The number of nitro benzene ring substituents is 1. The van der Waals surface area contributed by atoms with E-state index < -0.39 is 20.7 Å². The lowest BCUT2D eigenvalue weighted by molar-refractivity contribution is -0.384. The Morgan fingerprint density at radius 1 is 0.912 bits per heavy atom. The molecule has 1 aliphatic heterocycles. The Kier molecular flexibility index (Phi) is 5.21. The van der Waals surface area contributed by atoms with E-state index in [1.54, 1.807) is 12.1 Å². The van der Waals surface area contributed by atoms with E-state index >= 15 is 0 Å². The van der Waals surface area contributed by atoms with Gasteiger partial charge in [0.2, 0.25) is 0 Å². The molecule has 3 aromatic carbocycles. The monoisotopic (exact) mass is 474 g/mol. The highest BCUT2D eigenvalue weighted by Gasteiger charge is 2.33. The molecular formula is C24H18N4O5S. The lowest BCUT2D eigenvalue weighted by Gasteiger charge is -2.11. The number of carbonyl (C=O) groups excluding carboxylic acids is 1. The molecule has 0 saturated heterocycles. The third-order valence-electron chi connectivity index (χ3n) is 5.58. The first-order valence-corrected chi connectivity index (χ1v) is 12.2. The number of aromatic nitrogens is 2. The Bertz CT molecular complexity index is 1510. The normalized spacial score (nSPS) is 13.9. The van der Waals surface area contributed by atoms with Gasteiger partial charge < -0.3 is 5.32 Å². The van der Waals surface area contributed by atoms with Crippen LogP contribution in [0.15, 0.2) is 78.9 Å². The van der Waals surface area contributed by atoms with Crippen LogP contribution in [0.4, 0.5) is 11.5 Å². The fourth-order valence-corrected chi connectivity index (χ4v) is 5.39. The minimum absolute atomic E-state index is 0.0879. The highest BCUT2D eigenvalue weighted by atomic mass is 32.2. The Labute approximate surface area is 194 Å². The first-order valence-electron chi connectivity index (χ1n) is 10.3. The second-order valence-corrected chi connectivity index (χ2v) is 9.95. The van der Waals surface area contributed by atoms with Gasteiger partial charge in [-0.3, -0.25) is 14.9 Å². The highest BCUT2D eigenvalue weighted by Crippen LogP contribution is 2.33. The van der Waals surface area contributed by atoms with Crippen LogP contribution in [0, 0.1) is 10.1 Å². The topological polar surface area (TPSA) is 124 Å². The number of hydrogen-bond donors (Lipinski definition) is 1. The van der Waals surface area contributed by atoms with E-state index in [4.69, 9.17) is 0 Å². The molecule has 2 heterocycles. The van der Waals surface area contributed by atoms with Gasteiger partial charge in [-0.1, -0.05) is 42.5 Å². The van der Waals surface area contributed by atoms with Crippen LogP contribution in [0.1, 0.15) is 21.6 Å². The van der Waals surface area contributed by atoms with Crippen LogP contribution >= 0.6 is 0 Å². The average Bonchev–Trinajstić information content (AvgIpc) is 3.32. The van der Waals surface area contributed by atoms with Crippen LogP contribution in [0.5, 0.6) is 0 Å². The molecule has 9 nitrogen and oxygen atoms in total. The molecule has 0 fully saturated rings. The maximum absolute atomic E-state index is 13.1. The molecule has 1 N–H and O–H groups in total. The number of amides is 1. The molecule has 1 aliphatic rings. The predicted molar refractivity (Wildman–Crippen MR) is 126 cm³/mol. The Hall–Kier alpha value is -4.31. The van der Waals surface area contributed by atoms with E-state index in [1.165, 1.54) is 28.9 Å². The maximum atomic E-state index is 13.1. The van der Waals surface area contributed by atoms with Gasteiger partial charge in [-0.05, 0) is 35.4 Å². The molecule has 0 atom stereocenters. The number of anilines is 1. The van der Waals surface area contributed by atoms with E-state index in [0.717, 1.165) is 11.1 Å². The Balaban J connectivity index is 1.48. The van der Waals surface area contributed by atoms with E-state index in [1.807, 2.05) is 42.5 Å². The molecule has 0 aliphatic carbocycles. The van der Waals surface area contributed by atoms with Crippen LogP contribution in [-0.2, 0) is 21.3 Å². The number of nitro groups is 1. The van der Waals surface area contributed by atoms with Crippen molar-refractivity contribution in [2.45, 2.75) is 11.5 Å². The molecule has 0 unspecified atom stereocenters. The number of non-ortho nitro benzene ring substituents is 1. The first kappa shape index (κ1) is 21.5. The molecule has 0 radical (unpaired) electrons. The van der Waals surface area contributed by atoms with Crippen molar-refractivity contribution in [3.05, 3.63) is 106 Å². The van der Waals surface area contributed by atoms with Crippen molar-refractivity contribution in [3.8, 4) is 16.8 Å². The number of rotatable bonds is 5. The van der Waals surface area contributed by atoms with Gasteiger partial charge >= 0.3 is 0 Å². The van der Waals surface area contributed by atoms with E-state index in [2.05, 4.69) is 10.4 Å². The van der Waals surface area contributed by atoms with Crippen molar-refractivity contribution < 1.29 is 18.1 Å². The lowest BCUT2D eigenvalue weighted by atomic mass is 10.0. The van der Waals surface area contributed by atoms with Gasteiger partial charge in [-0.25, -0.2) is 13.1 Å². The number of nitrogens with zero attached hydrogens (tertiary/aromatic N) is 3. The quantitative estimate of drug-likeness (QED) is 0.343. The number of nitrogens with one attached hydrogen (secondary N) is 1. The standard InChI is InChI=1S/C24H18N4O5S/c29-24(18-8-6-17(7-9-18)16-4-2-1-3-5-16)25-23-21-14-34(32,33)15-22(21)26-27(23)19-10-12-20(13-11-19)28(30)31/h1-13H,14-15H2,(H,25,29). The fraction of sp³-hybridized carbons (Fsp3) is 0.0833. The summed E-state index contributed by atoms with van der Waals surface area (Å²) in [5.41, 5.74) is 3.53. The SMILES string of the molecule is O=C(Nc1c2c(nn1-c1ccc([N+](=O)[O-])cc1)CS(=O)(=O)C2)c1ccc(-c2ccccc2)cc1. The van der Waals surface area contributed by atoms with Gasteiger partial charge in [0.05, 0.1) is 27.8 Å². The van der Waals surface area contributed by atoms with Crippen LogP contribution in [0.2, 0.25) is 0 Å². The smallest absolute Gasteiger partial charge is 0.269 e. The first-order chi connectivity index (χ1) is 16.3. The zero-order valence-corrected chi connectivity index (χ0v) is 18.5. The van der Waals surface area contributed by atoms with Gasteiger partial charge in [0.25, 0.3) is 11.6 Å². The van der Waals surface area contributed by atoms with Crippen molar-refractivity contribution in [1.82, 2.24) is 9.78 Å². The molecule has 170 valence electrons. The third-order valence-corrected chi connectivity index (χ3v) is 7.02. The summed E-state index contributed by atoms with van der Waals surface area (Å²) in [6.45, 7) is 0. The van der Waals surface area contributed by atoms with Crippen molar-refractivity contribution in [3.63, 3.8) is 0 Å². The van der Waals surface area contributed by atoms with Crippen molar-refractivity contribution in [2.75, 3.05) is 5.32 Å². The van der Waals surface area contributed by atoms with E-state index in [-0.39, 0.29) is 23.0 Å². The van der Waals surface area contributed by atoms with E-state index in [9.17, 15) is 23.3 Å². The summed E-state index contributed by atoms with van der Waals surface area (Å²) in [6.07, 6.45) is 0. The second-order valence-electron chi connectivity index (χ2n) is 7.89. The maximum Gasteiger partial charge on any atom is 0.269 e. The minimum atomic E-state index is -3.35. The van der Waals surface area contributed by atoms with Gasteiger partial charge in [0.1, 0.15) is 5.82 Å². The number of sulfone groups is 1. The molecule has 1 aromatic heterocycles. The summed E-state index contributed by atoms with van der Waals surface area (Å²) in [7, 11) is -3.35. The van der Waals surface area contributed by atoms with Gasteiger partial charge in [0, 0.05) is 23.3 Å². The van der Waals surface area contributed by atoms with Crippen LogP contribution < -0.4 is 5.32 Å². The molecular weight excluding hydrogens is 456 g/mol. The van der Waals surface area contributed by atoms with Crippen LogP contribution in [0.25, 0.3) is 16.8 Å². The lowest BCUT2D eigenvalue weighted by Crippen LogP contribution is -2.17. The number of carbonyl (C=O) groups is 1. The third kappa shape index (κ3) is 4.06. The summed E-state index contributed by atoms with van der Waals surface area (Å²) < 4.78 is 25.7. The molecule has 0 saturated carbocycles. The molecule has 0 bridgehead atoms. The molecule has 4 aromatic rings. The average molecular weight is 474 g/mol. The van der Waals surface area contributed by atoms with Gasteiger partial charge in [-0.2, -0.15) is 5.10 Å². The summed E-state index contributed by atoms with van der Waals surface area (Å²) in [5.74, 6) is -0.647. The van der Waals surface area contributed by atoms with Crippen molar-refractivity contribution in [1.29, 1.82) is 0 Å². The van der Waals surface area contributed by atoms with E-state index in [0.29, 0.717) is 22.5 Å². The summed E-state index contributed by atoms with van der Waals surface area (Å²) in [5, 5.41) is 18.2. The number of fused-ring (bicyclic) bond motifs is 1. The van der Waals surface area contributed by atoms with Crippen LogP contribution in [0.3, 0.4) is 0 Å². The summed E-state index contributed by atoms with van der Waals surface area (Å²) in [6, 6.07) is 22.5. The zero-order valence-electron chi connectivity index (χ0n) is 17.7. The van der Waals surface area contributed by atoms with Crippen LogP contribution in [-0.4, -0.2) is 29.0 Å². The molecule has 1 amide bonds. The Morgan fingerprint density at radius 2 is 1.56 bits per heavy atom. The minimum Gasteiger partial charge on any atom is -0.306 e. The Morgan fingerprint density at radius 3 is 2.21 bits per heavy atom. The molecule has 0 spiro atoms. The number of benzene rings is 3. The fourth-order valence-electron chi connectivity index (χ4n) is 3.90. The summed E-state index contributed by atoms with van der Waals surface area (Å²) in [4.78, 5) is 23.5. The predicted octanol–water partition coefficient (Wildman–Crippen LogP) is 4.13. The largest absolute Gasteiger partial charge is 0.306 e. The van der Waals surface area contributed by atoms with Crippen molar-refractivity contribution in [2.24, 2.45) is 0 Å². The van der Waals surface area contributed by atoms with Gasteiger partial charge in [0.15, 0.2) is 9.84 Å². The zero-order chi connectivity index (χ0) is 23.9. The highest BCUT2D eigenvalue weighted by molar-refractivity contribution is 7.90. The summed E-state index contributed by atoms with van der Waals surface area (Å²) >= 11 is 0. The van der Waals surface area contributed by atoms with Crippen molar-refractivity contribution >= 4 is 27.2 Å². The number of hydrogen-bond acceptors (Lipinski definition) is 6. The molecule has 10 heteroatoms.